The summed E-state index contributed by atoms with van der Waals surface area (Å²) < 4.78 is 0. The minimum atomic E-state index is -0.0175. The highest BCUT2D eigenvalue weighted by Gasteiger charge is 2.35. The van der Waals surface area contributed by atoms with Gasteiger partial charge < -0.3 is 10.6 Å². The van der Waals surface area contributed by atoms with E-state index < -0.39 is 0 Å². The van der Waals surface area contributed by atoms with E-state index in [1.165, 1.54) is 36.8 Å². The number of carbonyl (C=O) groups excluding carboxylic acids is 1. The maximum absolute atomic E-state index is 12.5. The van der Waals surface area contributed by atoms with Crippen LogP contribution in [0.1, 0.15) is 57.1 Å². The van der Waals surface area contributed by atoms with Crippen molar-refractivity contribution in [3.8, 4) is 0 Å². The van der Waals surface area contributed by atoms with Crippen molar-refractivity contribution in [1.29, 1.82) is 0 Å². The maximum atomic E-state index is 12.5. The van der Waals surface area contributed by atoms with Crippen LogP contribution < -0.4 is 10.6 Å². The van der Waals surface area contributed by atoms with Gasteiger partial charge in [0.15, 0.2) is 0 Å². The molecule has 3 heterocycles. The normalized spacial score (nSPS) is 26.6. The predicted octanol–water partition coefficient (Wildman–Crippen LogP) is 3.70. The topological polar surface area (TPSA) is 44.4 Å². The number of amides is 1. The van der Waals surface area contributed by atoms with E-state index in [0.29, 0.717) is 24.4 Å². The molecule has 158 valence electrons. The zero-order valence-corrected chi connectivity index (χ0v) is 18.7. The molecular formula is C22H35Cl2N3O. The van der Waals surface area contributed by atoms with E-state index in [-0.39, 0.29) is 36.3 Å². The minimum Gasteiger partial charge on any atom is -0.354 e. The third kappa shape index (κ3) is 5.41. The van der Waals surface area contributed by atoms with E-state index in [9.17, 15) is 4.79 Å². The van der Waals surface area contributed by atoms with Gasteiger partial charge in [0.05, 0.1) is 0 Å². The molecule has 1 amide bonds. The lowest BCUT2D eigenvalue weighted by atomic mass is 9.89. The summed E-state index contributed by atoms with van der Waals surface area (Å²) in [6, 6.07) is 10.1. The zero-order valence-electron chi connectivity index (χ0n) is 17.1. The number of hydrogen-bond acceptors (Lipinski definition) is 3. The van der Waals surface area contributed by atoms with E-state index in [0.717, 1.165) is 26.1 Å². The largest absolute Gasteiger partial charge is 0.354 e. The van der Waals surface area contributed by atoms with Gasteiger partial charge >= 0.3 is 0 Å². The number of benzene rings is 1. The Labute approximate surface area is 182 Å². The van der Waals surface area contributed by atoms with Crippen LogP contribution in [0.15, 0.2) is 24.3 Å². The SMILES string of the molecule is CC(C)(CNC(=O)CC1CC2CCC(C1)N2)N1CCc2ccccc2C1.Cl.Cl. The van der Waals surface area contributed by atoms with E-state index in [2.05, 4.69) is 53.6 Å². The second kappa shape index (κ2) is 9.80. The molecule has 0 radical (unpaired) electrons. The van der Waals surface area contributed by atoms with Crippen molar-refractivity contribution in [2.75, 3.05) is 13.1 Å². The van der Waals surface area contributed by atoms with Gasteiger partial charge in [-0.3, -0.25) is 9.69 Å². The van der Waals surface area contributed by atoms with Gasteiger partial charge in [0.1, 0.15) is 0 Å². The highest BCUT2D eigenvalue weighted by Crippen LogP contribution is 2.32. The molecule has 2 atom stereocenters. The zero-order chi connectivity index (χ0) is 18.1. The summed E-state index contributed by atoms with van der Waals surface area (Å²) in [5.74, 6) is 0.806. The van der Waals surface area contributed by atoms with Crippen molar-refractivity contribution in [2.45, 2.75) is 76.5 Å². The number of rotatable bonds is 5. The molecule has 2 saturated heterocycles. The van der Waals surface area contributed by atoms with E-state index in [1.54, 1.807) is 0 Å². The van der Waals surface area contributed by atoms with Crippen molar-refractivity contribution in [1.82, 2.24) is 15.5 Å². The average molecular weight is 428 g/mol. The molecule has 0 spiro atoms. The Balaban J connectivity index is 0.00000140. The highest BCUT2D eigenvalue weighted by molar-refractivity contribution is 5.85. The van der Waals surface area contributed by atoms with Crippen LogP contribution in [-0.4, -0.2) is 41.5 Å². The van der Waals surface area contributed by atoms with Gasteiger partial charge in [0, 0.05) is 43.7 Å². The molecule has 6 heteroatoms. The molecule has 1 aromatic rings. The third-order valence-corrected chi connectivity index (χ3v) is 6.75. The summed E-state index contributed by atoms with van der Waals surface area (Å²) in [6.07, 6.45) is 6.75. The van der Waals surface area contributed by atoms with Crippen molar-refractivity contribution in [2.24, 2.45) is 5.92 Å². The van der Waals surface area contributed by atoms with Crippen LogP contribution in [-0.2, 0) is 17.8 Å². The van der Waals surface area contributed by atoms with E-state index in [4.69, 9.17) is 0 Å². The molecule has 0 aliphatic carbocycles. The molecule has 28 heavy (non-hydrogen) atoms. The monoisotopic (exact) mass is 427 g/mol. The molecule has 2 fully saturated rings. The number of carbonyl (C=O) groups is 1. The Morgan fingerprint density at radius 1 is 1.14 bits per heavy atom. The maximum Gasteiger partial charge on any atom is 0.220 e. The van der Waals surface area contributed by atoms with Crippen LogP contribution in [0.2, 0.25) is 0 Å². The van der Waals surface area contributed by atoms with E-state index in [1.807, 2.05) is 0 Å². The Morgan fingerprint density at radius 2 is 1.79 bits per heavy atom. The number of halogens is 2. The second-order valence-electron chi connectivity index (χ2n) is 9.21. The molecule has 1 aromatic carbocycles. The number of nitrogens with zero attached hydrogens (tertiary/aromatic N) is 1. The van der Waals surface area contributed by atoms with Crippen LogP contribution in [0, 0.1) is 5.92 Å². The van der Waals surface area contributed by atoms with Gasteiger partial charge in [-0.25, -0.2) is 0 Å². The fraction of sp³-hybridized carbons (Fsp3) is 0.682. The van der Waals surface area contributed by atoms with Crippen molar-refractivity contribution < 1.29 is 4.79 Å². The third-order valence-electron chi connectivity index (χ3n) is 6.75. The molecule has 4 nitrogen and oxygen atoms in total. The first-order valence-electron chi connectivity index (χ1n) is 10.3. The summed E-state index contributed by atoms with van der Waals surface area (Å²) in [5.41, 5.74) is 2.89. The Hall–Kier alpha value is -0.810. The fourth-order valence-electron chi connectivity index (χ4n) is 5.12. The summed E-state index contributed by atoms with van der Waals surface area (Å²) in [5, 5.41) is 6.90. The van der Waals surface area contributed by atoms with Crippen LogP contribution >= 0.6 is 24.8 Å². The summed E-state index contributed by atoms with van der Waals surface area (Å²) in [4.78, 5) is 15.0. The van der Waals surface area contributed by atoms with Crippen LogP contribution in [0.5, 0.6) is 0 Å². The number of nitrogens with one attached hydrogen (secondary N) is 2. The number of hydrogen-bond donors (Lipinski definition) is 2. The van der Waals surface area contributed by atoms with Gasteiger partial charge in [-0.2, -0.15) is 0 Å². The molecule has 2 bridgehead atoms. The number of piperidine rings is 1. The second-order valence-corrected chi connectivity index (χ2v) is 9.21. The lowest BCUT2D eigenvalue weighted by Crippen LogP contribution is -2.53. The lowest BCUT2D eigenvalue weighted by molar-refractivity contribution is -0.122. The lowest BCUT2D eigenvalue weighted by Gasteiger charge is -2.41. The molecule has 2 N–H and O–H groups in total. The highest BCUT2D eigenvalue weighted by atomic mass is 35.5. The first kappa shape index (κ1) is 23.5. The smallest absolute Gasteiger partial charge is 0.220 e. The Kier molecular flexibility index (Phi) is 8.21. The van der Waals surface area contributed by atoms with Crippen LogP contribution in [0.3, 0.4) is 0 Å². The standard InChI is InChI=1S/C22H33N3O.2ClH/c1-22(2,25-10-9-17-5-3-4-6-18(17)14-25)15-23-21(26)13-16-11-19-7-8-20(12-16)24-19;;/h3-6,16,19-20,24H,7-15H2,1-2H3,(H,23,26);2*1H. The van der Waals surface area contributed by atoms with Crippen LogP contribution in [0.25, 0.3) is 0 Å². The van der Waals surface area contributed by atoms with Gasteiger partial charge in [0.2, 0.25) is 5.91 Å². The van der Waals surface area contributed by atoms with Gasteiger partial charge in [0.25, 0.3) is 0 Å². The number of fused-ring (bicyclic) bond motifs is 3. The Morgan fingerprint density at radius 3 is 2.46 bits per heavy atom. The average Bonchev–Trinajstić information content (AvgIpc) is 2.98. The van der Waals surface area contributed by atoms with Crippen LogP contribution in [0.4, 0.5) is 0 Å². The molecule has 2 unspecified atom stereocenters. The molecule has 3 aliphatic rings. The van der Waals surface area contributed by atoms with Crippen molar-refractivity contribution in [3.63, 3.8) is 0 Å². The minimum absolute atomic E-state index is 0. The quantitative estimate of drug-likeness (QED) is 0.752. The molecule has 4 rings (SSSR count). The van der Waals surface area contributed by atoms with Gasteiger partial charge in [-0.1, -0.05) is 24.3 Å². The van der Waals surface area contributed by atoms with E-state index >= 15 is 0 Å². The molecule has 0 saturated carbocycles. The Bertz CT molecular complexity index is 655. The predicted molar refractivity (Wildman–Crippen MR) is 119 cm³/mol. The summed E-state index contributed by atoms with van der Waals surface area (Å²) in [6.45, 7) is 7.29. The summed E-state index contributed by atoms with van der Waals surface area (Å²) in [7, 11) is 0. The van der Waals surface area contributed by atoms with Gasteiger partial charge in [-0.05, 0) is 63.0 Å². The molecule has 0 aromatic heterocycles. The molecule has 3 aliphatic heterocycles. The molecular weight excluding hydrogens is 393 g/mol. The van der Waals surface area contributed by atoms with Crippen molar-refractivity contribution in [3.05, 3.63) is 35.4 Å². The summed E-state index contributed by atoms with van der Waals surface area (Å²) >= 11 is 0. The fourth-order valence-corrected chi connectivity index (χ4v) is 5.12. The van der Waals surface area contributed by atoms with Gasteiger partial charge in [-0.15, -0.1) is 24.8 Å². The first-order chi connectivity index (χ1) is 12.5. The van der Waals surface area contributed by atoms with Crippen molar-refractivity contribution >= 4 is 30.7 Å². The first-order valence-corrected chi connectivity index (χ1v) is 10.3.